The summed E-state index contributed by atoms with van der Waals surface area (Å²) < 4.78 is 1.61. The number of nitrogen functional groups attached to an aromatic ring is 2. The van der Waals surface area contributed by atoms with Crippen LogP contribution in [-0.4, -0.2) is 61.4 Å². The van der Waals surface area contributed by atoms with Gasteiger partial charge in [-0.25, -0.2) is 34.6 Å². The lowest BCUT2D eigenvalue weighted by Gasteiger charge is -2.26. The molecule has 272 valence electrons. The summed E-state index contributed by atoms with van der Waals surface area (Å²) in [4.78, 5) is 52.2. The quantitative estimate of drug-likeness (QED) is 0.147. The van der Waals surface area contributed by atoms with E-state index in [1.54, 1.807) is 29.5 Å². The molecule has 0 saturated heterocycles. The van der Waals surface area contributed by atoms with E-state index < -0.39 is 6.04 Å². The number of aromatic nitrogens is 10. The first-order valence-corrected chi connectivity index (χ1v) is 19.5. The molecule has 8 rings (SSSR count). The number of amides is 2. The second-order valence-corrected chi connectivity index (χ2v) is 15.0. The van der Waals surface area contributed by atoms with Gasteiger partial charge in [-0.2, -0.15) is 10.1 Å². The first kappa shape index (κ1) is 35.3. The number of hydrogen-bond donors (Lipinski definition) is 3. The third-order valence-electron chi connectivity index (χ3n) is 9.83. The third kappa shape index (κ3) is 8.02. The Morgan fingerprint density at radius 2 is 1.56 bits per heavy atom. The predicted molar refractivity (Wildman–Crippen MR) is 201 cm³/mol. The van der Waals surface area contributed by atoms with E-state index in [4.69, 9.17) is 11.5 Å². The Balaban J connectivity index is 0.000000162. The Kier molecular flexibility index (Phi) is 11.2. The van der Waals surface area contributed by atoms with Crippen LogP contribution in [0.5, 0.6) is 0 Å². The number of nitrogens with two attached hydrogens (primary N) is 2. The number of hydrogen-bond acceptors (Lipinski definition) is 14. The van der Waals surface area contributed by atoms with E-state index in [0.29, 0.717) is 68.6 Å². The summed E-state index contributed by atoms with van der Waals surface area (Å²) in [6.45, 7) is 0. The molecule has 2 aliphatic rings. The smallest absolute Gasteiger partial charge is 0.251 e. The van der Waals surface area contributed by atoms with E-state index in [-0.39, 0.29) is 11.8 Å². The fourth-order valence-electron chi connectivity index (χ4n) is 7.15. The normalized spacial score (nSPS) is 16.0. The number of carbonyl (C=O) groups is 2. The van der Waals surface area contributed by atoms with Crippen LogP contribution in [0.4, 0.5) is 21.9 Å². The van der Waals surface area contributed by atoms with Crippen molar-refractivity contribution in [2.45, 2.75) is 89.5 Å². The maximum atomic E-state index is 13.1. The van der Waals surface area contributed by atoms with Gasteiger partial charge in [-0.1, -0.05) is 64.2 Å². The highest BCUT2D eigenvalue weighted by Crippen LogP contribution is 2.34. The summed E-state index contributed by atoms with van der Waals surface area (Å²) in [6, 6.07) is -0.490. The average molecular weight is 743 g/mol. The largest absolute Gasteiger partial charge is 0.382 e. The molecular formula is C34H42N14O2S2. The Hall–Kier alpha value is -5.10. The van der Waals surface area contributed by atoms with Gasteiger partial charge >= 0.3 is 0 Å². The van der Waals surface area contributed by atoms with Crippen LogP contribution in [-0.2, 0) is 9.59 Å². The van der Waals surface area contributed by atoms with E-state index in [1.807, 2.05) is 10.8 Å². The molecule has 1 atom stereocenters. The van der Waals surface area contributed by atoms with Crippen molar-refractivity contribution in [2.24, 2.45) is 11.8 Å². The predicted octanol–water partition coefficient (Wildman–Crippen LogP) is 6.04. The monoisotopic (exact) mass is 742 g/mol. The minimum absolute atomic E-state index is 0.0574. The van der Waals surface area contributed by atoms with Crippen molar-refractivity contribution in [3.05, 3.63) is 48.2 Å². The molecule has 2 aliphatic carbocycles. The van der Waals surface area contributed by atoms with Gasteiger partial charge in [0.25, 0.3) is 5.91 Å². The van der Waals surface area contributed by atoms with Crippen LogP contribution in [0.1, 0.15) is 89.5 Å². The van der Waals surface area contributed by atoms with Crippen molar-refractivity contribution in [3.8, 4) is 0 Å². The minimum atomic E-state index is -0.490. The molecule has 1 unspecified atom stereocenters. The highest BCUT2D eigenvalue weighted by atomic mass is 32.1. The van der Waals surface area contributed by atoms with Crippen LogP contribution in [0.3, 0.4) is 0 Å². The molecule has 18 heteroatoms. The van der Waals surface area contributed by atoms with Gasteiger partial charge in [0.05, 0.1) is 11.6 Å². The number of fused-ring (bicyclic) bond motifs is 2. The van der Waals surface area contributed by atoms with Gasteiger partial charge in [-0.15, -0.1) is 32.6 Å². The van der Waals surface area contributed by atoms with Gasteiger partial charge in [0, 0.05) is 35.8 Å². The fourth-order valence-corrected chi connectivity index (χ4v) is 8.33. The molecule has 6 aromatic rings. The number of rotatable bonds is 10. The molecule has 0 aliphatic heterocycles. The maximum absolute atomic E-state index is 13.1. The van der Waals surface area contributed by atoms with Crippen LogP contribution in [0.25, 0.3) is 22.1 Å². The van der Waals surface area contributed by atoms with E-state index in [2.05, 4.69) is 45.4 Å². The molecule has 5 N–H and O–H groups in total. The second-order valence-electron chi connectivity index (χ2n) is 13.3. The molecule has 52 heavy (non-hydrogen) atoms. The summed E-state index contributed by atoms with van der Waals surface area (Å²) >= 11 is 2.77. The van der Waals surface area contributed by atoms with E-state index in [9.17, 15) is 9.59 Å². The topological polar surface area (TPSA) is 214 Å². The lowest BCUT2D eigenvalue weighted by Crippen LogP contribution is -2.37. The lowest BCUT2D eigenvalue weighted by atomic mass is 9.84. The molecule has 0 spiro atoms. The zero-order valence-corrected chi connectivity index (χ0v) is 30.4. The van der Waals surface area contributed by atoms with Crippen molar-refractivity contribution < 1.29 is 9.59 Å². The van der Waals surface area contributed by atoms with Gasteiger partial charge in [-0.3, -0.25) is 9.59 Å². The number of carbonyl (C=O) groups excluding carboxylic acids is 2. The molecule has 6 heterocycles. The maximum Gasteiger partial charge on any atom is 0.251 e. The molecular weight excluding hydrogens is 701 g/mol. The molecule has 0 radical (unpaired) electrons. The Morgan fingerprint density at radius 1 is 0.846 bits per heavy atom. The minimum Gasteiger partial charge on any atom is -0.382 e. The Morgan fingerprint density at radius 3 is 2.25 bits per heavy atom. The molecule has 2 saturated carbocycles. The van der Waals surface area contributed by atoms with Gasteiger partial charge in [-0.05, 0) is 24.7 Å². The van der Waals surface area contributed by atoms with E-state index in [1.165, 1.54) is 96.5 Å². The summed E-state index contributed by atoms with van der Waals surface area (Å²) in [7, 11) is 0. The summed E-state index contributed by atoms with van der Waals surface area (Å²) in [5, 5.41) is 18.7. The molecule has 2 amide bonds. The SMILES string of the molecule is Nc1c2cncnc2nn1N(C(=O)CCC1CCCCC1)c1nccs1.Nc1c2ncncc2nn1C(CC1CCCCC1)C(=O)Nc1nccs1. The Bertz CT molecular complexity index is 2070. The average Bonchev–Trinajstić information content (AvgIpc) is 4.01. The van der Waals surface area contributed by atoms with Gasteiger partial charge in [0.1, 0.15) is 35.5 Å². The molecule has 6 aromatic heterocycles. The Labute approximate surface area is 308 Å². The van der Waals surface area contributed by atoms with Gasteiger partial charge in [0.2, 0.25) is 11.0 Å². The number of nitrogens with one attached hydrogen (secondary N) is 1. The van der Waals surface area contributed by atoms with Crippen molar-refractivity contribution >= 4 is 78.5 Å². The standard InChI is InChI=1S/2C17H21N7OS/c18-15-14-12(9-19-10-21-14)23-24(15)13(8-11-4-2-1-3-5-11)16(25)22-17-20-6-7-26-17;18-15-13-10-19-11-21-16(13)22-24(15)23(17-20-8-9-26-17)14(25)7-6-12-4-2-1-3-5-12/h6-7,9-11,13H,1-5,8,18H2,(H,20,22,25);8-12H,1-7,18H2. The molecule has 16 nitrogen and oxygen atoms in total. The second kappa shape index (κ2) is 16.5. The fraction of sp³-hybridized carbons (Fsp3) is 0.471. The van der Waals surface area contributed by atoms with Crippen LogP contribution < -0.4 is 21.8 Å². The number of anilines is 4. The lowest BCUT2D eigenvalue weighted by molar-refractivity contribution is -0.120. The summed E-state index contributed by atoms with van der Waals surface area (Å²) in [5.41, 5.74) is 14.1. The number of nitrogens with zero attached hydrogens (tertiary/aromatic N) is 11. The highest BCUT2D eigenvalue weighted by molar-refractivity contribution is 7.14. The van der Waals surface area contributed by atoms with Crippen LogP contribution in [0.2, 0.25) is 0 Å². The van der Waals surface area contributed by atoms with Crippen LogP contribution in [0, 0.1) is 11.8 Å². The van der Waals surface area contributed by atoms with E-state index >= 15 is 0 Å². The van der Waals surface area contributed by atoms with Crippen molar-refractivity contribution in [1.29, 1.82) is 0 Å². The molecule has 2 fully saturated rings. The number of thiazole rings is 2. The van der Waals surface area contributed by atoms with Gasteiger partial charge < -0.3 is 16.8 Å². The van der Waals surface area contributed by atoms with E-state index in [0.717, 1.165) is 19.3 Å². The zero-order chi connectivity index (χ0) is 35.9. The third-order valence-corrected chi connectivity index (χ3v) is 11.3. The van der Waals surface area contributed by atoms with Crippen molar-refractivity contribution in [2.75, 3.05) is 21.8 Å². The summed E-state index contributed by atoms with van der Waals surface area (Å²) in [5.74, 6) is 1.66. The summed E-state index contributed by atoms with van der Waals surface area (Å²) in [6.07, 6.45) is 23.7. The zero-order valence-electron chi connectivity index (χ0n) is 28.8. The van der Waals surface area contributed by atoms with Crippen molar-refractivity contribution in [1.82, 2.24) is 49.6 Å². The van der Waals surface area contributed by atoms with Gasteiger partial charge in [0.15, 0.2) is 16.6 Å². The molecule has 0 aromatic carbocycles. The highest BCUT2D eigenvalue weighted by Gasteiger charge is 2.30. The van der Waals surface area contributed by atoms with Crippen molar-refractivity contribution in [3.63, 3.8) is 0 Å². The first-order valence-electron chi connectivity index (χ1n) is 17.8. The van der Waals surface area contributed by atoms with Crippen LogP contribution in [0.15, 0.2) is 48.2 Å². The first-order chi connectivity index (χ1) is 25.5. The molecule has 0 bridgehead atoms. The van der Waals surface area contributed by atoms with Crippen LogP contribution >= 0.6 is 22.7 Å².